The van der Waals surface area contributed by atoms with E-state index in [1.54, 1.807) is 0 Å². The van der Waals surface area contributed by atoms with Crippen LogP contribution < -0.4 is 0 Å². The predicted molar refractivity (Wildman–Crippen MR) is 202 cm³/mol. The van der Waals surface area contributed by atoms with Gasteiger partial charge in [0.1, 0.15) is 6.61 Å². The first-order chi connectivity index (χ1) is 23.8. The number of esters is 2. The van der Waals surface area contributed by atoms with Crippen LogP contribution in [0.15, 0.2) is 24.3 Å². The van der Waals surface area contributed by atoms with E-state index >= 15 is 0 Å². The third kappa shape index (κ3) is 39.2. The van der Waals surface area contributed by atoms with Crippen molar-refractivity contribution in [3.63, 3.8) is 0 Å². The lowest BCUT2D eigenvalue weighted by Crippen LogP contribution is -2.29. The van der Waals surface area contributed by atoms with Gasteiger partial charge in [0.2, 0.25) is 0 Å². The maximum absolute atomic E-state index is 12.4. The largest absolute Gasteiger partial charge is 0.469 e. The summed E-state index contributed by atoms with van der Waals surface area (Å²) in [6, 6.07) is 0. The summed E-state index contributed by atoms with van der Waals surface area (Å²) < 4.78 is 26.3. The third-order valence-electron chi connectivity index (χ3n) is 8.69. The van der Waals surface area contributed by atoms with Crippen LogP contribution in [0.1, 0.15) is 200 Å². The van der Waals surface area contributed by atoms with Crippen molar-refractivity contribution in [1.29, 1.82) is 0 Å². The van der Waals surface area contributed by atoms with Crippen molar-refractivity contribution in [1.82, 2.24) is 0 Å². The standard InChI is InChI=1S/C40H75O8P/c1-3-5-7-9-11-13-15-17-19-20-21-23-25-27-29-31-33-35-40(42)48-38(37-47-49(43,44)45)36-46-39(41)34-32-30-28-26-24-22-18-16-14-12-10-8-6-4-2/h16-19,38H,3-15,20-37H2,1-2H3,(H2,43,44,45)/b18-16+,19-17+/t38-/m1/s1. The number of ether oxygens (including phenoxy) is 2. The first kappa shape index (κ1) is 47.5. The van der Waals surface area contributed by atoms with Crippen molar-refractivity contribution in [2.75, 3.05) is 13.2 Å². The summed E-state index contributed by atoms with van der Waals surface area (Å²) in [6.45, 7) is 3.66. The fraction of sp³-hybridized carbons (Fsp3) is 0.850. The summed E-state index contributed by atoms with van der Waals surface area (Å²) in [7, 11) is -4.75. The molecule has 49 heavy (non-hydrogen) atoms. The second-order valence-corrected chi connectivity index (χ2v) is 14.8. The molecule has 2 N–H and O–H groups in total. The molecule has 0 radical (unpaired) electrons. The van der Waals surface area contributed by atoms with E-state index in [1.165, 1.54) is 103 Å². The molecule has 0 aromatic heterocycles. The zero-order valence-electron chi connectivity index (χ0n) is 31.6. The van der Waals surface area contributed by atoms with Crippen molar-refractivity contribution in [2.24, 2.45) is 0 Å². The van der Waals surface area contributed by atoms with E-state index in [2.05, 4.69) is 42.7 Å². The average molecular weight is 715 g/mol. The van der Waals surface area contributed by atoms with Gasteiger partial charge in [0.15, 0.2) is 6.10 Å². The van der Waals surface area contributed by atoms with Gasteiger partial charge in [0.25, 0.3) is 0 Å². The molecule has 0 rings (SSSR count). The molecule has 8 nitrogen and oxygen atoms in total. The zero-order chi connectivity index (χ0) is 36.1. The molecule has 0 aliphatic heterocycles. The molecule has 0 aromatic rings. The highest BCUT2D eigenvalue weighted by Gasteiger charge is 2.22. The highest BCUT2D eigenvalue weighted by Crippen LogP contribution is 2.36. The van der Waals surface area contributed by atoms with Gasteiger partial charge in [0, 0.05) is 12.8 Å². The lowest BCUT2D eigenvalue weighted by atomic mass is 10.1. The van der Waals surface area contributed by atoms with Crippen molar-refractivity contribution < 1.29 is 37.9 Å². The van der Waals surface area contributed by atoms with Crippen molar-refractivity contribution in [3.05, 3.63) is 24.3 Å². The Morgan fingerprint density at radius 1 is 0.510 bits per heavy atom. The van der Waals surface area contributed by atoms with Crippen molar-refractivity contribution >= 4 is 19.8 Å². The lowest BCUT2D eigenvalue weighted by molar-refractivity contribution is -0.161. The minimum absolute atomic E-state index is 0.207. The molecule has 0 amide bonds. The van der Waals surface area contributed by atoms with Crippen molar-refractivity contribution in [3.8, 4) is 0 Å². The molecular weight excluding hydrogens is 639 g/mol. The molecule has 0 aliphatic carbocycles. The van der Waals surface area contributed by atoms with Crippen LogP contribution in [0.3, 0.4) is 0 Å². The number of phosphoric acid groups is 1. The monoisotopic (exact) mass is 715 g/mol. The average Bonchev–Trinajstić information content (AvgIpc) is 3.07. The van der Waals surface area contributed by atoms with Gasteiger partial charge in [-0.05, 0) is 64.2 Å². The van der Waals surface area contributed by atoms with E-state index in [0.29, 0.717) is 12.8 Å². The Morgan fingerprint density at radius 2 is 0.857 bits per heavy atom. The summed E-state index contributed by atoms with van der Waals surface area (Å²) in [4.78, 5) is 42.8. The predicted octanol–water partition coefficient (Wildman–Crippen LogP) is 12.0. The Kier molecular flexibility index (Phi) is 35.2. The number of rotatable bonds is 37. The van der Waals surface area contributed by atoms with E-state index in [9.17, 15) is 14.2 Å². The minimum Gasteiger partial charge on any atom is -0.462 e. The van der Waals surface area contributed by atoms with Gasteiger partial charge in [-0.25, -0.2) is 4.57 Å². The van der Waals surface area contributed by atoms with Gasteiger partial charge in [-0.3, -0.25) is 14.1 Å². The molecule has 0 heterocycles. The number of hydrogen-bond acceptors (Lipinski definition) is 6. The molecular formula is C40H75O8P. The van der Waals surface area contributed by atoms with Gasteiger partial charge in [-0.2, -0.15) is 0 Å². The van der Waals surface area contributed by atoms with Crippen LogP contribution in [0.4, 0.5) is 0 Å². The first-order valence-corrected chi connectivity index (χ1v) is 21.7. The van der Waals surface area contributed by atoms with Crippen LogP contribution in [-0.4, -0.2) is 41.0 Å². The number of allylic oxidation sites excluding steroid dienone is 4. The number of phosphoric ester groups is 1. The summed E-state index contributed by atoms with van der Waals surface area (Å²) in [6.07, 6.45) is 40.4. The molecule has 0 unspecified atom stereocenters. The van der Waals surface area contributed by atoms with Crippen LogP contribution in [0.5, 0.6) is 0 Å². The van der Waals surface area contributed by atoms with Gasteiger partial charge in [-0.15, -0.1) is 0 Å². The van der Waals surface area contributed by atoms with Crippen LogP contribution in [0, 0.1) is 0 Å². The molecule has 0 aliphatic rings. The maximum atomic E-state index is 12.4. The summed E-state index contributed by atoms with van der Waals surface area (Å²) in [5.41, 5.74) is 0. The second-order valence-electron chi connectivity index (χ2n) is 13.6. The van der Waals surface area contributed by atoms with Crippen LogP contribution in [0.2, 0.25) is 0 Å². The second kappa shape index (κ2) is 36.3. The number of carbonyl (C=O) groups is 2. The zero-order valence-corrected chi connectivity index (χ0v) is 32.5. The molecule has 0 spiro atoms. The number of hydrogen-bond donors (Lipinski definition) is 2. The third-order valence-corrected chi connectivity index (χ3v) is 9.18. The molecule has 0 fully saturated rings. The summed E-state index contributed by atoms with van der Waals surface area (Å²) in [5.74, 6) is -0.895. The molecule has 1 atom stereocenters. The Bertz CT molecular complexity index is 853. The van der Waals surface area contributed by atoms with E-state index in [0.717, 1.165) is 57.8 Å². The van der Waals surface area contributed by atoms with Gasteiger partial charge >= 0.3 is 19.8 Å². The fourth-order valence-corrected chi connectivity index (χ4v) is 6.02. The SMILES string of the molecule is CCCCCCC/C=C/CCCCCCCC(=O)OC[C@H](COP(=O)(O)O)OC(=O)CCCCCCCCC/C=C/CCCCCCCC. The van der Waals surface area contributed by atoms with Crippen LogP contribution in [-0.2, 0) is 28.2 Å². The normalized spacial score (nSPS) is 12.7. The smallest absolute Gasteiger partial charge is 0.462 e. The van der Waals surface area contributed by atoms with E-state index < -0.39 is 32.5 Å². The van der Waals surface area contributed by atoms with Crippen LogP contribution in [0.25, 0.3) is 0 Å². The van der Waals surface area contributed by atoms with E-state index in [1.807, 2.05) is 0 Å². The Balaban J connectivity index is 3.94. The fourth-order valence-electron chi connectivity index (χ4n) is 5.66. The summed E-state index contributed by atoms with van der Waals surface area (Å²) >= 11 is 0. The topological polar surface area (TPSA) is 119 Å². The Hall–Kier alpha value is -1.47. The van der Waals surface area contributed by atoms with E-state index in [-0.39, 0.29) is 19.4 Å². The van der Waals surface area contributed by atoms with E-state index in [4.69, 9.17) is 19.3 Å². The molecule has 288 valence electrons. The Labute approximate surface area is 300 Å². The van der Waals surface area contributed by atoms with Gasteiger partial charge in [-0.1, -0.05) is 147 Å². The quantitative estimate of drug-likeness (QED) is 0.0282. The first-order valence-electron chi connectivity index (χ1n) is 20.1. The maximum Gasteiger partial charge on any atom is 0.469 e. The Morgan fingerprint density at radius 3 is 1.24 bits per heavy atom. The molecule has 0 saturated carbocycles. The minimum atomic E-state index is -4.75. The summed E-state index contributed by atoms with van der Waals surface area (Å²) in [5, 5.41) is 0. The molecule has 9 heteroatoms. The van der Waals surface area contributed by atoms with Crippen molar-refractivity contribution in [2.45, 2.75) is 206 Å². The number of carbonyl (C=O) groups excluding carboxylic acids is 2. The van der Waals surface area contributed by atoms with Crippen LogP contribution >= 0.6 is 7.82 Å². The lowest BCUT2D eigenvalue weighted by Gasteiger charge is -2.18. The molecule has 0 bridgehead atoms. The van der Waals surface area contributed by atoms with Gasteiger partial charge in [0.05, 0.1) is 6.61 Å². The van der Waals surface area contributed by atoms with Gasteiger partial charge < -0.3 is 19.3 Å². The highest BCUT2D eigenvalue weighted by atomic mass is 31.2. The molecule has 0 aromatic carbocycles. The number of unbranched alkanes of at least 4 members (excludes halogenated alkanes) is 23. The highest BCUT2D eigenvalue weighted by molar-refractivity contribution is 7.46. The molecule has 0 saturated heterocycles.